The van der Waals surface area contributed by atoms with Crippen LogP contribution in [0.5, 0.6) is 0 Å². The summed E-state index contributed by atoms with van der Waals surface area (Å²) in [6, 6.07) is 5.65. The Morgan fingerprint density at radius 1 is 1.39 bits per heavy atom. The lowest BCUT2D eigenvalue weighted by atomic mass is 9.91. The maximum Gasteiger partial charge on any atom is 0.250 e. The van der Waals surface area contributed by atoms with Gasteiger partial charge in [0.2, 0.25) is 0 Å². The van der Waals surface area contributed by atoms with Crippen LogP contribution in [0.2, 0.25) is 0 Å². The Morgan fingerprint density at radius 3 is 2.94 bits per heavy atom. The molecular formula is C14H23N3O. The molecule has 1 aromatic heterocycles. The smallest absolute Gasteiger partial charge is 0.250 e. The average molecular weight is 249 g/mol. The van der Waals surface area contributed by atoms with Crippen molar-refractivity contribution < 1.29 is 0 Å². The molecular weight excluding hydrogens is 226 g/mol. The number of nitrogens with zero attached hydrogens (tertiary/aromatic N) is 2. The van der Waals surface area contributed by atoms with Crippen LogP contribution in [0.25, 0.3) is 0 Å². The lowest BCUT2D eigenvalue weighted by Gasteiger charge is -2.36. The van der Waals surface area contributed by atoms with E-state index in [-0.39, 0.29) is 5.56 Å². The summed E-state index contributed by atoms with van der Waals surface area (Å²) in [6.45, 7) is 6.03. The van der Waals surface area contributed by atoms with Gasteiger partial charge in [0.1, 0.15) is 0 Å². The molecule has 1 aromatic rings. The van der Waals surface area contributed by atoms with Crippen LogP contribution in [0, 0.1) is 5.92 Å². The van der Waals surface area contributed by atoms with Gasteiger partial charge < -0.3 is 15.2 Å². The molecule has 18 heavy (non-hydrogen) atoms. The quantitative estimate of drug-likeness (QED) is 0.863. The van der Waals surface area contributed by atoms with Crippen LogP contribution in [0.3, 0.4) is 0 Å². The highest BCUT2D eigenvalue weighted by Crippen LogP contribution is 2.18. The Kier molecular flexibility index (Phi) is 4.55. The first-order valence-electron chi connectivity index (χ1n) is 6.84. The molecule has 2 atom stereocenters. The summed E-state index contributed by atoms with van der Waals surface area (Å²) in [5, 5.41) is 0. The molecule has 0 aliphatic carbocycles. The van der Waals surface area contributed by atoms with Crippen molar-refractivity contribution in [2.45, 2.75) is 32.4 Å². The fraction of sp³-hybridized carbons (Fsp3) is 0.643. The van der Waals surface area contributed by atoms with Gasteiger partial charge in [-0.25, -0.2) is 0 Å². The Balaban J connectivity index is 1.88. The average Bonchev–Trinajstić information content (AvgIpc) is 2.39. The maximum absolute atomic E-state index is 11.6. The predicted molar refractivity (Wildman–Crippen MR) is 73.5 cm³/mol. The molecule has 4 heteroatoms. The highest BCUT2D eigenvalue weighted by atomic mass is 16.1. The van der Waals surface area contributed by atoms with Crippen molar-refractivity contribution in [2.24, 2.45) is 11.7 Å². The minimum absolute atomic E-state index is 0.0817. The number of hydrogen-bond acceptors (Lipinski definition) is 3. The van der Waals surface area contributed by atoms with E-state index in [2.05, 4.69) is 11.8 Å². The molecule has 4 nitrogen and oxygen atoms in total. The number of piperidine rings is 1. The second-order valence-corrected chi connectivity index (χ2v) is 5.15. The Bertz CT molecular complexity index is 429. The number of hydrogen-bond donors (Lipinski definition) is 1. The van der Waals surface area contributed by atoms with E-state index in [0.717, 1.165) is 39.0 Å². The predicted octanol–water partition coefficient (Wildman–Crippen LogP) is 0.908. The number of pyridine rings is 1. The molecule has 2 heterocycles. The van der Waals surface area contributed by atoms with Gasteiger partial charge in [-0.15, -0.1) is 0 Å². The van der Waals surface area contributed by atoms with Crippen molar-refractivity contribution in [3.05, 3.63) is 34.7 Å². The van der Waals surface area contributed by atoms with E-state index < -0.39 is 0 Å². The van der Waals surface area contributed by atoms with E-state index in [1.54, 1.807) is 16.7 Å². The second kappa shape index (κ2) is 6.16. The largest absolute Gasteiger partial charge is 0.327 e. The third kappa shape index (κ3) is 3.21. The summed E-state index contributed by atoms with van der Waals surface area (Å²) < 4.78 is 1.77. The summed E-state index contributed by atoms with van der Waals surface area (Å²) in [5.74, 6) is 0.603. The molecule has 100 valence electrons. The minimum Gasteiger partial charge on any atom is -0.327 e. The van der Waals surface area contributed by atoms with Gasteiger partial charge in [-0.2, -0.15) is 0 Å². The molecule has 1 fully saturated rings. The summed E-state index contributed by atoms with van der Waals surface area (Å²) in [5.41, 5.74) is 6.18. The van der Waals surface area contributed by atoms with Gasteiger partial charge in [-0.3, -0.25) is 4.79 Å². The number of aromatic nitrogens is 1. The van der Waals surface area contributed by atoms with Gasteiger partial charge in [0.25, 0.3) is 5.56 Å². The number of nitrogens with two attached hydrogens (primary N) is 1. The third-order valence-corrected chi connectivity index (χ3v) is 3.96. The van der Waals surface area contributed by atoms with Crippen molar-refractivity contribution in [2.75, 3.05) is 19.6 Å². The summed E-state index contributed by atoms with van der Waals surface area (Å²) in [6.07, 6.45) is 4.07. The van der Waals surface area contributed by atoms with Crippen LogP contribution < -0.4 is 11.3 Å². The topological polar surface area (TPSA) is 51.3 Å². The Morgan fingerprint density at radius 2 is 2.22 bits per heavy atom. The van der Waals surface area contributed by atoms with Crippen molar-refractivity contribution in [1.82, 2.24) is 9.47 Å². The van der Waals surface area contributed by atoms with Crippen LogP contribution in [0.1, 0.15) is 19.8 Å². The molecule has 1 aliphatic heterocycles. The van der Waals surface area contributed by atoms with E-state index in [0.29, 0.717) is 12.0 Å². The first-order valence-corrected chi connectivity index (χ1v) is 6.84. The van der Waals surface area contributed by atoms with E-state index in [9.17, 15) is 4.79 Å². The molecule has 0 aromatic carbocycles. The minimum atomic E-state index is 0.0817. The molecule has 2 unspecified atom stereocenters. The van der Waals surface area contributed by atoms with Gasteiger partial charge >= 0.3 is 0 Å². The SMILES string of the molecule is CCC1CN(CCn2ccccc2=O)CCC1N. The molecule has 0 spiro atoms. The molecule has 0 bridgehead atoms. The normalized spacial score (nSPS) is 25.2. The summed E-state index contributed by atoms with van der Waals surface area (Å²) in [4.78, 5) is 14.0. The molecule has 1 aliphatic rings. The molecule has 1 saturated heterocycles. The molecule has 0 radical (unpaired) electrons. The third-order valence-electron chi connectivity index (χ3n) is 3.96. The summed E-state index contributed by atoms with van der Waals surface area (Å²) >= 11 is 0. The zero-order chi connectivity index (χ0) is 13.0. The van der Waals surface area contributed by atoms with E-state index in [1.807, 2.05) is 12.3 Å². The zero-order valence-electron chi connectivity index (χ0n) is 11.1. The van der Waals surface area contributed by atoms with Crippen LogP contribution in [-0.2, 0) is 6.54 Å². The van der Waals surface area contributed by atoms with Crippen molar-refractivity contribution in [3.63, 3.8) is 0 Å². The monoisotopic (exact) mass is 249 g/mol. The maximum atomic E-state index is 11.6. The van der Waals surface area contributed by atoms with E-state index in [4.69, 9.17) is 5.73 Å². The van der Waals surface area contributed by atoms with Crippen molar-refractivity contribution in [3.8, 4) is 0 Å². The van der Waals surface area contributed by atoms with Crippen LogP contribution >= 0.6 is 0 Å². The van der Waals surface area contributed by atoms with Crippen molar-refractivity contribution in [1.29, 1.82) is 0 Å². The molecule has 2 N–H and O–H groups in total. The van der Waals surface area contributed by atoms with Crippen molar-refractivity contribution >= 4 is 0 Å². The van der Waals surface area contributed by atoms with E-state index in [1.165, 1.54) is 0 Å². The zero-order valence-corrected chi connectivity index (χ0v) is 11.1. The fourth-order valence-corrected chi connectivity index (χ4v) is 2.66. The Hall–Kier alpha value is -1.13. The van der Waals surface area contributed by atoms with E-state index >= 15 is 0 Å². The van der Waals surface area contributed by atoms with Gasteiger partial charge in [-0.1, -0.05) is 19.4 Å². The fourth-order valence-electron chi connectivity index (χ4n) is 2.66. The first kappa shape index (κ1) is 13.3. The Labute approximate surface area is 108 Å². The lowest BCUT2D eigenvalue weighted by Crippen LogP contribution is -2.47. The van der Waals surface area contributed by atoms with Crippen LogP contribution in [0.4, 0.5) is 0 Å². The lowest BCUT2D eigenvalue weighted by molar-refractivity contribution is 0.147. The molecule has 2 rings (SSSR count). The van der Waals surface area contributed by atoms with Crippen LogP contribution in [-0.4, -0.2) is 35.1 Å². The van der Waals surface area contributed by atoms with Gasteiger partial charge in [0, 0.05) is 37.9 Å². The van der Waals surface area contributed by atoms with Gasteiger partial charge in [0.15, 0.2) is 0 Å². The highest BCUT2D eigenvalue weighted by Gasteiger charge is 2.24. The number of likely N-dealkylation sites (tertiary alicyclic amines) is 1. The van der Waals surface area contributed by atoms with Gasteiger partial charge in [0.05, 0.1) is 0 Å². The number of rotatable bonds is 4. The molecule has 0 saturated carbocycles. The second-order valence-electron chi connectivity index (χ2n) is 5.15. The summed E-state index contributed by atoms with van der Waals surface area (Å²) in [7, 11) is 0. The molecule has 0 amide bonds. The van der Waals surface area contributed by atoms with Gasteiger partial charge in [-0.05, 0) is 24.9 Å². The standard InChI is InChI=1S/C14H23N3O/c1-2-12-11-16(8-6-13(12)15)9-10-17-7-4-3-5-14(17)18/h3-5,7,12-13H,2,6,8-11,15H2,1H3. The van der Waals surface area contributed by atoms with Crippen LogP contribution in [0.15, 0.2) is 29.2 Å². The highest BCUT2D eigenvalue weighted by molar-refractivity contribution is 4.93. The first-order chi connectivity index (χ1) is 8.70.